The molecule has 0 bridgehead atoms. The third-order valence-electron chi connectivity index (χ3n) is 4.36. The van der Waals surface area contributed by atoms with Crippen LogP contribution in [-0.2, 0) is 0 Å². The van der Waals surface area contributed by atoms with E-state index in [1.807, 2.05) is 0 Å². The van der Waals surface area contributed by atoms with Crippen molar-refractivity contribution >= 4 is 5.57 Å². The van der Waals surface area contributed by atoms with Gasteiger partial charge in [-0.1, -0.05) is 87.5 Å². The van der Waals surface area contributed by atoms with Gasteiger partial charge >= 0.3 is 0 Å². The molecule has 0 fully saturated rings. The standard InChI is InChI=1S/C23H31N/c1-22(2,3)21(19-14-10-7-11-15-19)16-20(17-23(4,5)24)18-12-8-6-9-13-18/h6-15,17,21H,16,24H2,1-5H3. The van der Waals surface area contributed by atoms with Crippen molar-refractivity contribution in [3.63, 3.8) is 0 Å². The van der Waals surface area contributed by atoms with Crippen LogP contribution < -0.4 is 5.73 Å². The van der Waals surface area contributed by atoms with Gasteiger partial charge in [-0.15, -0.1) is 0 Å². The second-order valence-electron chi connectivity index (χ2n) is 8.39. The molecule has 1 nitrogen and oxygen atoms in total. The van der Waals surface area contributed by atoms with Crippen molar-refractivity contribution in [3.05, 3.63) is 77.9 Å². The zero-order valence-electron chi connectivity index (χ0n) is 15.7. The number of hydrogen-bond donors (Lipinski definition) is 1. The Balaban J connectivity index is 2.45. The molecule has 0 aliphatic heterocycles. The van der Waals surface area contributed by atoms with Gasteiger partial charge in [-0.3, -0.25) is 0 Å². The predicted molar refractivity (Wildman–Crippen MR) is 106 cm³/mol. The first-order valence-corrected chi connectivity index (χ1v) is 8.78. The van der Waals surface area contributed by atoms with Crippen LogP contribution in [0.5, 0.6) is 0 Å². The third kappa shape index (κ3) is 5.35. The average Bonchev–Trinajstić information content (AvgIpc) is 2.51. The predicted octanol–water partition coefficient (Wildman–Crippen LogP) is 6.03. The minimum Gasteiger partial charge on any atom is -0.322 e. The average molecular weight is 322 g/mol. The summed E-state index contributed by atoms with van der Waals surface area (Å²) in [4.78, 5) is 0. The fourth-order valence-electron chi connectivity index (χ4n) is 3.19. The van der Waals surface area contributed by atoms with Crippen LogP contribution in [0.2, 0.25) is 0 Å². The quantitative estimate of drug-likeness (QED) is 0.715. The molecule has 0 saturated carbocycles. The summed E-state index contributed by atoms with van der Waals surface area (Å²) in [7, 11) is 0. The van der Waals surface area contributed by atoms with Crippen LogP contribution in [0.15, 0.2) is 66.7 Å². The van der Waals surface area contributed by atoms with Gasteiger partial charge in [-0.2, -0.15) is 0 Å². The van der Waals surface area contributed by atoms with Gasteiger partial charge < -0.3 is 5.73 Å². The molecule has 0 spiro atoms. The van der Waals surface area contributed by atoms with E-state index in [9.17, 15) is 0 Å². The van der Waals surface area contributed by atoms with Gasteiger partial charge in [0.25, 0.3) is 0 Å². The van der Waals surface area contributed by atoms with Crippen molar-refractivity contribution in [3.8, 4) is 0 Å². The molecular weight excluding hydrogens is 290 g/mol. The maximum Gasteiger partial charge on any atom is 0.0287 e. The topological polar surface area (TPSA) is 26.0 Å². The van der Waals surface area contributed by atoms with E-state index in [2.05, 4.69) is 101 Å². The Morgan fingerprint density at radius 3 is 1.83 bits per heavy atom. The van der Waals surface area contributed by atoms with Crippen LogP contribution in [0, 0.1) is 5.41 Å². The van der Waals surface area contributed by atoms with E-state index in [1.54, 1.807) is 0 Å². The molecule has 0 aliphatic carbocycles. The molecule has 2 aromatic rings. The summed E-state index contributed by atoms with van der Waals surface area (Å²) in [6.45, 7) is 11.1. The molecule has 0 aromatic heterocycles. The van der Waals surface area contributed by atoms with E-state index in [1.165, 1.54) is 16.7 Å². The van der Waals surface area contributed by atoms with Crippen molar-refractivity contribution in [1.29, 1.82) is 0 Å². The van der Waals surface area contributed by atoms with Gasteiger partial charge in [0.05, 0.1) is 0 Å². The first-order chi connectivity index (χ1) is 11.2. The van der Waals surface area contributed by atoms with Crippen molar-refractivity contribution < 1.29 is 0 Å². The van der Waals surface area contributed by atoms with E-state index in [0.29, 0.717) is 5.92 Å². The number of rotatable bonds is 5. The lowest BCUT2D eigenvalue weighted by molar-refractivity contribution is 0.323. The van der Waals surface area contributed by atoms with Crippen molar-refractivity contribution in [2.75, 3.05) is 0 Å². The van der Waals surface area contributed by atoms with Crippen LogP contribution >= 0.6 is 0 Å². The lowest BCUT2D eigenvalue weighted by Gasteiger charge is -2.33. The van der Waals surface area contributed by atoms with Crippen molar-refractivity contribution in [2.45, 2.75) is 52.5 Å². The molecule has 2 aromatic carbocycles. The summed E-state index contributed by atoms with van der Waals surface area (Å²) < 4.78 is 0. The lowest BCUT2D eigenvalue weighted by atomic mass is 9.72. The van der Waals surface area contributed by atoms with Gasteiger partial charge in [-0.25, -0.2) is 0 Å². The normalized spacial score (nSPS) is 14.5. The Hall–Kier alpha value is -1.86. The zero-order valence-corrected chi connectivity index (χ0v) is 15.7. The van der Waals surface area contributed by atoms with Crippen molar-refractivity contribution in [2.24, 2.45) is 11.1 Å². The van der Waals surface area contributed by atoms with E-state index in [0.717, 1.165) is 6.42 Å². The van der Waals surface area contributed by atoms with Gasteiger partial charge in [0.2, 0.25) is 0 Å². The molecule has 0 saturated heterocycles. The SMILES string of the molecule is CC(C)(N)C=C(CC(c1ccccc1)C(C)(C)C)c1ccccc1. The van der Waals surface area contributed by atoms with E-state index >= 15 is 0 Å². The molecule has 0 heterocycles. The fourth-order valence-corrected chi connectivity index (χ4v) is 3.19. The smallest absolute Gasteiger partial charge is 0.0287 e. The number of benzene rings is 2. The Morgan fingerprint density at radius 1 is 0.875 bits per heavy atom. The molecule has 2 N–H and O–H groups in total. The summed E-state index contributed by atoms with van der Waals surface area (Å²) in [6.07, 6.45) is 3.21. The molecule has 1 unspecified atom stereocenters. The summed E-state index contributed by atoms with van der Waals surface area (Å²) in [5.41, 5.74) is 10.1. The van der Waals surface area contributed by atoms with Crippen LogP contribution in [0.1, 0.15) is 58.1 Å². The Morgan fingerprint density at radius 2 is 1.38 bits per heavy atom. The van der Waals surface area contributed by atoms with Crippen LogP contribution in [0.3, 0.4) is 0 Å². The molecule has 0 radical (unpaired) electrons. The van der Waals surface area contributed by atoms with Crippen LogP contribution in [-0.4, -0.2) is 5.54 Å². The summed E-state index contributed by atoms with van der Waals surface area (Å²) >= 11 is 0. The van der Waals surface area contributed by atoms with E-state index in [4.69, 9.17) is 5.73 Å². The van der Waals surface area contributed by atoms with Crippen LogP contribution in [0.25, 0.3) is 5.57 Å². The number of allylic oxidation sites excluding steroid dienone is 1. The summed E-state index contributed by atoms with van der Waals surface area (Å²) in [6, 6.07) is 21.5. The Labute approximate surface area is 147 Å². The van der Waals surface area contributed by atoms with Crippen molar-refractivity contribution in [1.82, 2.24) is 0 Å². The number of nitrogens with two attached hydrogens (primary N) is 1. The summed E-state index contributed by atoms with van der Waals surface area (Å²) in [5, 5.41) is 0. The van der Waals surface area contributed by atoms with Crippen LogP contribution in [0.4, 0.5) is 0 Å². The highest BCUT2D eigenvalue weighted by atomic mass is 14.7. The molecule has 1 atom stereocenters. The molecular formula is C23H31N. The summed E-state index contributed by atoms with van der Waals surface area (Å²) in [5.74, 6) is 0.438. The molecule has 24 heavy (non-hydrogen) atoms. The third-order valence-corrected chi connectivity index (χ3v) is 4.36. The zero-order chi connectivity index (χ0) is 17.8. The highest BCUT2D eigenvalue weighted by Crippen LogP contribution is 2.42. The minimum absolute atomic E-state index is 0.175. The number of hydrogen-bond acceptors (Lipinski definition) is 1. The van der Waals surface area contributed by atoms with Gasteiger partial charge in [0.1, 0.15) is 0 Å². The molecule has 0 aliphatic rings. The highest BCUT2D eigenvalue weighted by molar-refractivity contribution is 5.67. The second-order valence-corrected chi connectivity index (χ2v) is 8.39. The fraction of sp³-hybridized carbons (Fsp3) is 0.391. The van der Waals surface area contributed by atoms with Gasteiger partial charge in [-0.05, 0) is 48.3 Å². The maximum atomic E-state index is 6.32. The lowest BCUT2D eigenvalue weighted by Crippen LogP contribution is -2.29. The first kappa shape index (κ1) is 18.5. The molecule has 2 rings (SSSR count). The Bertz CT molecular complexity index is 655. The van der Waals surface area contributed by atoms with E-state index < -0.39 is 0 Å². The molecule has 1 heteroatoms. The van der Waals surface area contributed by atoms with Gasteiger partial charge in [0, 0.05) is 5.54 Å². The first-order valence-electron chi connectivity index (χ1n) is 8.78. The Kier molecular flexibility index (Phi) is 5.66. The van der Waals surface area contributed by atoms with E-state index in [-0.39, 0.29) is 11.0 Å². The highest BCUT2D eigenvalue weighted by Gasteiger charge is 2.28. The molecule has 0 amide bonds. The monoisotopic (exact) mass is 321 g/mol. The second kappa shape index (κ2) is 7.36. The maximum absolute atomic E-state index is 6.32. The largest absolute Gasteiger partial charge is 0.322 e. The minimum atomic E-state index is -0.329. The molecule has 128 valence electrons. The van der Waals surface area contributed by atoms with Gasteiger partial charge in [0.15, 0.2) is 0 Å².